The van der Waals surface area contributed by atoms with Crippen molar-refractivity contribution in [1.29, 1.82) is 0 Å². The summed E-state index contributed by atoms with van der Waals surface area (Å²) in [4.78, 5) is 3.02. The van der Waals surface area contributed by atoms with Gasteiger partial charge in [-0.3, -0.25) is 0 Å². The summed E-state index contributed by atoms with van der Waals surface area (Å²) in [6, 6.07) is -15.7. The van der Waals surface area contributed by atoms with Gasteiger partial charge in [-0.2, -0.15) is 0 Å². The molecule has 0 saturated carbocycles. The van der Waals surface area contributed by atoms with E-state index in [2.05, 4.69) is 0 Å². The number of benzene rings is 15. The quantitative estimate of drug-likeness (QED) is 0.141. The molecule has 2 aromatic heterocycles. The molecule has 494 valence electrons. The summed E-state index contributed by atoms with van der Waals surface area (Å²) in [6.07, 6.45) is 0. The summed E-state index contributed by atoms with van der Waals surface area (Å²) in [5.41, 5.74) is -9.73. The van der Waals surface area contributed by atoms with Crippen LogP contribution in [0.15, 0.2) is 314 Å². The Balaban J connectivity index is 1.13. The number of hydrogen-bond donors (Lipinski definition) is 0. The van der Waals surface area contributed by atoms with Crippen molar-refractivity contribution in [2.45, 2.75) is 78.6 Å². The van der Waals surface area contributed by atoms with Crippen molar-refractivity contribution in [2.24, 2.45) is 0 Å². The Bertz CT molecular complexity index is 8070. The molecule has 5 heteroatoms. The van der Waals surface area contributed by atoms with Crippen LogP contribution in [0.4, 0.5) is 34.1 Å². The molecular formula is C98H79BN4. The van der Waals surface area contributed by atoms with Crippen LogP contribution in [-0.4, -0.2) is 15.8 Å². The molecule has 2 aliphatic rings. The average Bonchev–Trinajstić information content (AvgIpc) is 1.67. The summed E-state index contributed by atoms with van der Waals surface area (Å²) in [5, 5.41) is -3.67. The Morgan fingerprint density at radius 2 is 0.592 bits per heavy atom. The topological polar surface area (TPSA) is 16.3 Å². The minimum Gasteiger partial charge on any atom is -0.310 e. The summed E-state index contributed by atoms with van der Waals surface area (Å²) in [7, 11) is 0. The fraction of sp³-hybridized carbons (Fsp3) is 0.122. The average molecular weight is 1360 g/mol. The molecular weight excluding hydrogens is 1240 g/mol. The second-order valence-corrected chi connectivity index (χ2v) is 28.7. The number of rotatable bonds is 8. The number of hydrogen-bond acceptors (Lipinski definition) is 2. The first-order valence-electron chi connectivity index (χ1n) is 53.2. The van der Waals surface area contributed by atoms with E-state index in [9.17, 15) is 46.6 Å². The maximum Gasteiger partial charge on any atom is 0.252 e. The molecule has 0 spiro atoms. The number of para-hydroxylation sites is 2. The lowest BCUT2D eigenvalue weighted by Crippen LogP contribution is -2.61. The van der Waals surface area contributed by atoms with Crippen LogP contribution in [0.3, 0.4) is 0 Å². The van der Waals surface area contributed by atoms with Gasteiger partial charge in [-0.05, 0) is 155 Å². The molecule has 0 unspecified atom stereocenters. The molecule has 103 heavy (non-hydrogen) atoms. The van der Waals surface area contributed by atoms with Crippen molar-refractivity contribution in [3.8, 4) is 55.9 Å². The molecule has 0 radical (unpaired) electrons. The van der Waals surface area contributed by atoms with Gasteiger partial charge in [-0.15, -0.1) is 0 Å². The predicted octanol–water partition coefficient (Wildman–Crippen LogP) is 24.8. The van der Waals surface area contributed by atoms with Crippen LogP contribution in [0.25, 0.3) is 121 Å². The van der Waals surface area contributed by atoms with Crippen LogP contribution in [0.2, 0.25) is 0 Å². The van der Waals surface area contributed by atoms with Gasteiger partial charge >= 0.3 is 0 Å². The van der Waals surface area contributed by atoms with Crippen LogP contribution >= 0.6 is 0 Å². The van der Waals surface area contributed by atoms with E-state index >= 15 is 0 Å². The van der Waals surface area contributed by atoms with Crippen LogP contribution in [-0.2, 0) is 16.2 Å². The lowest BCUT2D eigenvalue weighted by atomic mass is 9.33. The molecule has 0 saturated heterocycles. The Morgan fingerprint density at radius 1 is 0.282 bits per heavy atom. The van der Waals surface area contributed by atoms with E-state index in [0.29, 0.717) is 0 Å². The van der Waals surface area contributed by atoms with E-state index < -0.39 is 341 Å². The fourth-order valence-corrected chi connectivity index (χ4v) is 14.7. The zero-order chi connectivity index (χ0) is 105. The highest BCUT2D eigenvalue weighted by Crippen LogP contribution is 2.56. The zero-order valence-electron chi connectivity index (χ0n) is 96.8. The number of nitrogens with zero attached hydrogens (tertiary/aromatic N) is 4. The van der Waals surface area contributed by atoms with Gasteiger partial charge in [-0.1, -0.05) is 304 Å². The third-order valence-electron chi connectivity index (χ3n) is 19.6. The summed E-state index contributed by atoms with van der Waals surface area (Å²) >= 11 is 0. The number of fused-ring (bicyclic) bond motifs is 14. The molecule has 0 aliphatic carbocycles. The highest BCUT2D eigenvalue weighted by atomic mass is 15.2. The lowest BCUT2D eigenvalue weighted by Gasteiger charge is -2.47. The maximum atomic E-state index is 10.2. The molecule has 19 rings (SSSR count). The summed E-state index contributed by atoms with van der Waals surface area (Å²) < 4.78 is 390. The highest BCUT2D eigenvalue weighted by Gasteiger charge is 2.47. The SMILES string of the molecule is [2H]c1c([2H])c([2H])c(-c2cc(C(C)(C)C)cc(-c3c([2H])c([2H])c([2H])c([2H])c3[2H])c2N2c3cc(-n4c5c([2H])c([2H])c([2H])c([2H])c5c5c([2H])c([2H])c6c([2H])c([2H])c([2H])c([2H])c6c54)ccc3B3c4ccc(-n5c6c([2H])c([2H])c([2H])c([2H])c6c6c([2H])c([2H])c7c([2H])c([2H])c([2H])c([2H])c7c65)cc4N(c4c(-c5c([2H])c([2H])c([2H])c([2H])c5[2H])cc(C(C)(C)C)cc4-c4c([2H])c([2H])c([2H])c([2H])c4[2H])c4cc(C(C)(C)C)cc2c43)c([2H])c1[2H]. The minimum atomic E-state index is -1.54. The van der Waals surface area contributed by atoms with Crippen molar-refractivity contribution in [3.05, 3.63) is 331 Å². The molecule has 2 aliphatic heterocycles. The maximum absolute atomic E-state index is 10.2. The Labute approximate surface area is 660 Å². The predicted molar refractivity (Wildman–Crippen MR) is 442 cm³/mol. The Morgan fingerprint density at radius 3 is 0.942 bits per heavy atom. The normalized spacial score (nSPS) is 18.5. The second kappa shape index (κ2) is 23.3. The van der Waals surface area contributed by atoms with Crippen LogP contribution < -0.4 is 26.2 Å². The van der Waals surface area contributed by atoms with Crippen molar-refractivity contribution >= 4 is 122 Å². The van der Waals surface area contributed by atoms with Gasteiger partial charge in [0.25, 0.3) is 6.71 Å². The zero-order valence-corrected chi connectivity index (χ0v) is 56.8. The summed E-state index contributed by atoms with van der Waals surface area (Å²) in [6.45, 7) is 14.3. The van der Waals surface area contributed by atoms with Gasteiger partial charge in [0.05, 0.1) is 88.3 Å². The Kier molecular flexibility index (Phi) is 7.53. The van der Waals surface area contributed by atoms with E-state index in [-0.39, 0.29) is 112 Å². The minimum absolute atomic E-state index is 0.0391. The summed E-state index contributed by atoms with van der Waals surface area (Å²) in [5.74, 6) is 0. The van der Waals surface area contributed by atoms with Crippen LogP contribution in [0.5, 0.6) is 0 Å². The Hall–Kier alpha value is -11.9. The highest BCUT2D eigenvalue weighted by molar-refractivity contribution is 7.00. The molecule has 0 N–H and O–H groups in total. The molecule has 15 aromatic carbocycles. The van der Waals surface area contributed by atoms with Crippen LogP contribution in [0, 0.1) is 0 Å². The monoisotopic (exact) mass is 1360 g/mol. The first-order chi connectivity index (χ1) is 66.6. The van der Waals surface area contributed by atoms with Gasteiger partial charge < -0.3 is 18.9 Å². The van der Waals surface area contributed by atoms with Crippen molar-refractivity contribution in [2.75, 3.05) is 9.80 Å². The van der Waals surface area contributed by atoms with E-state index in [1.54, 1.807) is 74.4 Å². The first-order valence-corrected chi connectivity index (χ1v) is 33.2. The molecule has 17 aromatic rings. The van der Waals surface area contributed by atoms with Crippen molar-refractivity contribution < 1.29 is 54.8 Å². The van der Waals surface area contributed by atoms with Gasteiger partial charge in [0, 0.05) is 88.7 Å². The third-order valence-corrected chi connectivity index (χ3v) is 19.6. The van der Waals surface area contributed by atoms with Crippen LogP contribution in [0.1, 0.15) is 134 Å². The van der Waals surface area contributed by atoms with E-state index in [1.807, 2.05) is 0 Å². The van der Waals surface area contributed by atoms with Crippen molar-refractivity contribution in [1.82, 2.24) is 9.13 Å². The standard InChI is InChI=1S/C98H79BN4/c1-96(2,3)68-54-79(62-30-14-10-15-31-62)94(80(55-68)63-32-16-11-17-33-63)102-87-60-71(100-85-44-28-26-42-75(85)77-50-46-66-38-22-24-40-73(66)92(77)100)48-52-83(87)99-84-53-49-72(101-86-45-29-27-43-76(86)78-51-47-67-39-23-25-41-74(67)93(78)101)61-88(84)103(90-59-70(98(7,8)9)58-89(102)91(90)99)95-81(64-34-18-12-19-35-64)56-69(97(4,5)6)57-82(95)65-36-20-13-21-37-65/h10-61H,1-9H3/i10D,11D,12D,13D,14D,15D,16D,17D,18D,19D,20D,21D,22D,23D,24D,25D,26D,27D,28D,29D,30D,31D,32D,33D,34D,35D,36D,37D,38D,39D,40D,41D,42D,43D,44D,45D,46D,47D,50D,51D. The largest absolute Gasteiger partial charge is 0.310 e. The van der Waals surface area contributed by atoms with Gasteiger partial charge in [-0.25, -0.2) is 0 Å². The van der Waals surface area contributed by atoms with E-state index in [0.717, 1.165) is 0 Å². The van der Waals surface area contributed by atoms with Gasteiger partial charge in [0.1, 0.15) is 0 Å². The molecule has 0 bridgehead atoms. The second-order valence-electron chi connectivity index (χ2n) is 28.7. The fourth-order valence-electron chi connectivity index (χ4n) is 14.7. The molecule has 0 atom stereocenters. The first kappa shape index (κ1) is 33.3. The number of anilines is 6. The van der Waals surface area contributed by atoms with E-state index in [4.69, 9.17) is 8.22 Å². The molecule has 4 heterocycles. The van der Waals surface area contributed by atoms with Crippen molar-refractivity contribution in [3.63, 3.8) is 0 Å². The lowest BCUT2D eigenvalue weighted by molar-refractivity contribution is 0.590. The third kappa shape index (κ3) is 9.87. The number of aromatic nitrogens is 2. The van der Waals surface area contributed by atoms with E-state index in [1.165, 1.54) is 79.6 Å². The molecule has 0 amide bonds. The van der Waals surface area contributed by atoms with Gasteiger partial charge in [0.2, 0.25) is 0 Å². The van der Waals surface area contributed by atoms with Gasteiger partial charge in [0.15, 0.2) is 0 Å². The molecule has 4 nitrogen and oxygen atoms in total. The molecule has 0 fully saturated rings. The smallest absolute Gasteiger partial charge is 0.252 e.